The molecule has 0 saturated heterocycles. The van der Waals surface area contributed by atoms with Gasteiger partial charge in [0.2, 0.25) is 5.91 Å². The van der Waals surface area contributed by atoms with E-state index in [4.69, 9.17) is 5.73 Å². The molecule has 1 aliphatic rings. The molecule has 2 aromatic rings. The van der Waals surface area contributed by atoms with E-state index in [1.807, 2.05) is 37.3 Å². The lowest BCUT2D eigenvalue weighted by molar-refractivity contribution is -0.115. The van der Waals surface area contributed by atoms with E-state index in [2.05, 4.69) is 15.6 Å². The lowest BCUT2D eigenvalue weighted by atomic mass is 10.1. The second-order valence-electron chi connectivity index (χ2n) is 4.95. The molecule has 4 N–H and O–H groups in total. The summed E-state index contributed by atoms with van der Waals surface area (Å²) in [6, 6.07) is 9.63. The molecule has 0 aliphatic carbocycles. The molecule has 2 heterocycles. The van der Waals surface area contributed by atoms with Crippen LogP contribution in [-0.4, -0.2) is 10.9 Å². The quantitative estimate of drug-likeness (QED) is 0.745. The van der Waals surface area contributed by atoms with Crippen LogP contribution in [0.1, 0.15) is 17.0 Å². The molecule has 3 rings (SSSR count). The molecule has 0 bridgehead atoms. The number of carbonyl (C=O) groups excluding carboxylic acids is 1. The summed E-state index contributed by atoms with van der Waals surface area (Å²) in [5.74, 6) is 0.0110. The predicted octanol–water partition coefficient (Wildman–Crippen LogP) is 2.08. The van der Waals surface area contributed by atoms with Crippen molar-refractivity contribution in [2.24, 2.45) is 0 Å². The van der Waals surface area contributed by atoms with Gasteiger partial charge in [0.25, 0.3) is 0 Å². The van der Waals surface area contributed by atoms with Gasteiger partial charge in [-0.15, -0.1) is 0 Å². The summed E-state index contributed by atoms with van der Waals surface area (Å²) in [5.41, 5.74) is 11.2. The van der Waals surface area contributed by atoms with Crippen molar-refractivity contribution in [3.8, 4) is 0 Å². The number of aryl methyl sites for hydroxylation is 1. The third-order valence-electron chi connectivity index (χ3n) is 3.31. The highest BCUT2D eigenvalue weighted by atomic mass is 16.1. The maximum absolute atomic E-state index is 11.4. The van der Waals surface area contributed by atoms with Gasteiger partial charge in [-0.1, -0.05) is 6.07 Å². The van der Waals surface area contributed by atoms with Crippen LogP contribution in [0.4, 0.5) is 17.1 Å². The molecular weight excluding hydrogens is 252 g/mol. The zero-order chi connectivity index (χ0) is 14.1. The second-order valence-corrected chi connectivity index (χ2v) is 4.95. The molecule has 20 heavy (non-hydrogen) atoms. The molecule has 0 radical (unpaired) electrons. The third-order valence-corrected chi connectivity index (χ3v) is 3.31. The molecule has 1 aliphatic heterocycles. The van der Waals surface area contributed by atoms with E-state index in [-0.39, 0.29) is 5.91 Å². The predicted molar refractivity (Wildman–Crippen MR) is 79.5 cm³/mol. The minimum absolute atomic E-state index is 0.0110. The molecule has 5 nitrogen and oxygen atoms in total. The highest BCUT2D eigenvalue weighted by molar-refractivity contribution is 6.00. The Hall–Kier alpha value is -2.56. The van der Waals surface area contributed by atoms with Crippen molar-refractivity contribution in [1.82, 2.24) is 4.98 Å². The summed E-state index contributed by atoms with van der Waals surface area (Å²) in [6.45, 7) is 2.56. The van der Waals surface area contributed by atoms with E-state index in [0.717, 1.165) is 28.3 Å². The Morgan fingerprint density at radius 2 is 2.25 bits per heavy atom. The van der Waals surface area contributed by atoms with Crippen molar-refractivity contribution in [2.75, 3.05) is 16.4 Å². The monoisotopic (exact) mass is 268 g/mol. The van der Waals surface area contributed by atoms with Gasteiger partial charge in [0.1, 0.15) is 0 Å². The molecule has 0 saturated carbocycles. The normalized spacial score (nSPS) is 12.9. The minimum atomic E-state index is 0.0110. The Kier molecular flexibility index (Phi) is 3.02. The standard InChI is InChI=1S/C15H16N4O/c1-9-3-2-4-11(18-9)8-17-14-7-13-10(5-12(14)16)6-15(20)19-13/h2-5,7,17H,6,8,16H2,1H3,(H,19,20). The summed E-state index contributed by atoms with van der Waals surface area (Å²) in [4.78, 5) is 15.8. The van der Waals surface area contributed by atoms with Gasteiger partial charge in [-0.05, 0) is 36.8 Å². The van der Waals surface area contributed by atoms with Crippen LogP contribution in [0.2, 0.25) is 0 Å². The number of nitrogens with two attached hydrogens (primary N) is 1. The van der Waals surface area contributed by atoms with Crippen LogP contribution in [0.3, 0.4) is 0 Å². The maximum atomic E-state index is 11.4. The van der Waals surface area contributed by atoms with Gasteiger partial charge in [0, 0.05) is 11.4 Å². The molecule has 0 spiro atoms. The number of rotatable bonds is 3. The van der Waals surface area contributed by atoms with Gasteiger partial charge in [-0.2, -0.15) is 0 Å². The number of nitrogens with one attached hydrogen (secondary N) is 2. The minimum Gasteiger partial charge on any atom is -0.397 e. The number of amides is 1. The number of carbonyl (C=O) groups is 1. The SMILES string of the molecule is Cc1cccc(CNc2cc3c(cc2N)CC(=O)N3)n1. The molecule has 1 aromatic heterocycles. The number of nitrogens with zero attached hydrogens (tertiary/aromatic N) is 1. The van der Waals surface area contributed by atoms with E-state index in [9.17, 15) is 4.79 Å². The van der Waals surface area contributed by atoms with Gasteiger partial charge in [0.15, 0.2) is 0 Å². The van der Waals surface area contributed by atoms with Crippen LogP contribution in [0.15, 0.2) is 30.3 Å². The second kappa shape index (κ2) is 4.85. The van der Waals surface area contributed by atoms with Crippen LogP contribution in [-0.2, 0) is 17.8 Å². The topological polar surface area (TPSA) is 80.0 Å². The number of anilines is 3. The maximum Gasteiger partial charge on any atom is 0.228 e. The fourth-order valence-electron chi connectivity index (χ4n) is 2.33. The average molecular weight is 268 g/mol. The fourth-order valence-corrected chi connectivity index (χ4v) is 2.33. The van der Waals surface area contributed by atoms with E-state index in [1.54, 1.807) is 0 Å². The summed E-state index contributed by atoms with van der Waals surface area (Å²) >= 11 is 0. The molecule has 0 unspecified atom stereocenters. The third kappa shape index (κ3) is 2.42. The Morgan fingerprint density at radius 1 is 1.40 bits per heavy atom. The summed E-state index contributed by atoms with van der Waals surface area (Å²) < 4.78 is 0. The van der Waals surface area contributed by atoms with Gasteiger partial charge in [-0.25, -0.2) is 0 Å². The smallest absolute Gasteiger partial charge is 0.228 e. The van der Waals surface area contributed by atoms with Crippen LogP contribution < -0.4 is 16.4 Å². The number of pyridine rings is 1. The Morgan fingerprint density at radius 3 is 3.05 bits per heavy atom. The number of hydrogen-bond donors (Lipinski definition) is 3. The van der Waals surface area contributed by atoms with Crippen molar-refractivity contribution >= 4 is 23.0 Å². The van der Waals surface area contributed by atoms with Crippen LogP contribution in [0.5, 0.6) is 0 Å². The highest BCUT2D eigenvalue weighted by Crippen LogP contribution is 2.31. The zero-order valence-electron chi connectivity index (χ0n) is 11.2. The summed E-state index contributed by atoms with van der Waals surface area (Å²) in [6.07, 6.45) is 0.402. The number of hydrogen-bond acceptors (Lipinski definition) is 4. The lowest BCUT2D eigenvalue weighted by Crippen LogP contribution is -2.05. The first-order chi connectivity index (χ1) is 9.61. The van der Waals surface area contributed by atoms with Crippen LogP contribution in [0.25, 0.3) is 0 Å². The summed E-state index contributed by atoms with van der Waals surface area (Å²) in [7, 11) is 0. The van der Waals surface area contributed by atoms with Crippen LogP contribution in [0, 0.1) is 6.92 Å². The molecule has 1 aromatic carbocycles. The fraction of sp³-hybridized carbons (Fsp3) is 0.200. The molecule has 102 valence electrons. The highest BCUT2D eigenvalue weighted by Gasteiger charge is 2.19. The number of nitrogen functional groups attached to an aromatic ring is 1. The van der Waals surface area contributed by atoms with E-state index in [1.165, 1.54) is 0 Å². The van der Waals surface area contributed by atoms with Crippen LogP contribution >= 0.6 is 0 Å². The van der Waals surface area contributed by atoms with Gasteiger partial charge < -0.3 is 16.4 Å². The van der Waals surface area contributed by atoms with Crippen molar-refractivity contribution in [3.63, 3.8) is 0 Å². The number of aromatic nitrogens is 1. The van der Waals surface area contributed by atoms with Gasteiger partial charge in [-0.3, -0.25) is 9.78 Å². The first-order valence-electron chi connectivity index (χ1n) is 6.50. The molecular formula is C15H16N4O. The van der Waals surface area contributed by atoms with E-state index in [0.29, 0.717) is 18.7 Å². The zero-order valence-corrected chi connectivity index (χ0v) is 11.2. The average Bonchev–Trinajstić information content (AvgIpc) is 2.75. The number of benzene rings is 1. The summed E-state index contributed by atoms with van der Waals surface area (Å²) in [5, 5.41) is 6.08. The lowest BCUT2D eigenvalue weighted by Gasteiger charge is -2.11. The van der Waals surface area contributed by atoms with E-state index >= 15 is 0 Å². The Bertz CT molecular complexity index is 682. The Balaban J connectivity index is 1.78. The van der Waals surface area contributed by atoms with Crippen molar-refractivity contribution in [3.05, 3.63) is 47.3 Å². The molecule has 5 heteroatoms. The Labute approximate surface area is 117 Å². The first-order valence-corrected chi connectivity index (χ1v) is 6.50. The van der Waals surface area contributed by atoms with Crippen molar-refractivity contribution < 1.29 is 4.79 Å². The number of fused-ring (bicyclic) bond motifs is 1. The van der Waals surface area contributed by atoms with Crippen molar-refractivity contribution in [2.45, 2.75) is 19.9 Å². The van der Waals surface area contributed by atoms with Gasteiger partial charge >= 0.3 is 0 Å². The molecule has 1 amide bonds. The van der Waals surface area contributed by atoms with Crippen molar-refractivity contribution in [1.29, 1.82) is 0 Å². The van der Waals surface area contributed by atoms with E-state index < -0.39 is 0 Å². The van der Waals surface area contributed by atoms with Gasteiger partial charge in [0.05, 0.1) is 30.0 Å². The molecule has 0 fully saturated rings. The first kappa shape index (κ1) is 12.5. The molecule has 0 atom stereocenters. The largest absolute Gasteiger partial charge is 0.397 e.